The zero-order chi connectivity index (χ0) is 18.4. The molecular weight excluding hydrogens is 360 g/mol. The van der Waals surface area contributed by atoms with Crippen LogP contribution in [0.15, 0.2) is 22.7 Å². The number of nitrogens with zero attached hydrogens (tertiary/aromatic N) is 1. The maximum Gasteiger partial charge on any atom is 0.145 e. The molecule has 3 aliphatic rings. The number of halogens is 1. The third-order valence-corrected chi connectivity index (χ3v) is 7.02. The number of rotatable bonds is 6. The Morgan fingerprint density at radius 3 is 2.93 bits per heavy atom. The molecule has 0 radical (unpaired) electrons. The first-order chi connectivity index (χ1) is 13.2. The Labute approximate surface area is 165 Å². The van der Waals surface area contributed by atoms with Crippen molar-refractivity contribution in [2.24, 2.45) is 17.8 Å². The van der Waals surface area contributed by atoms with E-state index in [9.17, 15) is 0 Å². The summed E-state index contributed by atoms with van der Waals surface area (Å²) < 4.78 is 12.0. The van der Waals surface area contributed by atoms with Gasteiger partial charge in [0.25, 0.3) is 0 Å². The Morgan fingerprint density at radius 2 is 2.11 bits per heavy atom. The first-order valence-corrected chi connectivity index (χ1v) is 10.6. The molecule has 27 heavy (non-hydrogen) atoms. The Morgan fingerprint density at radius 1 is 1.22 bits per heavy atom. The number of aryl methyl sites for hydroxylation is 1. The molecule has 3 unspecified atom stereocenters. The molecule has 3 fully saturated rings. The summed E-state index contributed by atoms with van der Waals surface area (Å²) in [5, 5.41) is 8.69. The molecule has 0 bridgehead atoms. The second-order valence-electron chi connectivity index (χ2n) is 8.51. The van der Waals surface area contributed by atoms with Crippen LogP contribution in [0.1, 0.15) is 48.5 Å². The van der Waals surface area contributed by atoms with E-state index in [1.165, 1.54) is 32.2 Å². The number of ether oxygens (including phenoxy) is 1. The van der Waals surface area contributed by atoms with Gasteiger partial charge in [-0.3, -0.25) is 0 Å². The minimum Gasteiger partial charge on any atom is -0.376 e. The molecule has 2 aromatic rings. The highest BCUT2D eigenvalue weighted by atomic mass is 35.5. The number of aromatic nitrogens is 1. The van der Waals surface area contributed by atoms with Gasteiger partial charge in [-0.2, -0.15) is 0 Å². The molecule has 144 valence electrons. The second-order valence-corrected chi connectivity index (χ2v) is 8.92. The zero-order valence-electron chi connectivity index (χ0n) is 15.8. The average Bonchev–Trinajstić information content (AvgIpc) is 3.07. The number of nitrogens with one attached hydrogen (secondary N) is 1. The minimum absolute atomic E-state index is 0.502. The topological polar surface area (TPSA) is 47.3 Å². The first-order valence-electron chi connectivity index (χ1n) is 10.2. The normalized spacial score (nSPS) is 27.3. The Bertz CT molecular complexity index is 809. The predicted molar refractivity (Wildman–Crippen MR) is 106 cm³/mol. The maximum absolute atomic E-state index is 6.51. The van der Waals surface area contributed by atoms with Crippen LogP contribution < -0.4 is 5.32 Å². The summed E-state index contributed by atoms with van der Waals surface area (Å²) in [7, 11) is 0. The van der Waals surface area contributed by atoms with Gasteiger partial charge in [0.15, 0.2) is 0 Å². The Balaban J connectivity index is 1.36. The summed E-state index contributed by atoms with van der Waals surface area (Å²) in [6, 6.07) is 5.97. The highest BCUT2D eigenvalue weighted by Crippen LogP contribution is 2.45. The van der Waals surface area contributed by atoms with Crippen molar-refractivity contribution in [3.63, 3.8) is 0 Å². The minimum atomic E-state index is 0.502. The van der Waals surface area contributed by atoms with Crippen molar-refractivity contribution in [2.75, 3.05) is 19.7 Å². The zero-order valence-corrected chi connectivity index (χ0v) is 16.6. The lowest BCUT2D eigenvalue weighted by Crippen LogP contribution is -2.20. The molecule has 2 heterocycles. The van der Waals surface area contributed by atoms with E-state index < -0.39 is 0 Å². The monoisotopic (exact) mass is 386 g/mol. The summed E-state index contributed by atoms with van der Waals surface area (Å²) in [6.45, 7) is 5.82. The molecule has 2 saturated carbocycles. The summed E-state index contributed by atoms with van der Waals surface area (Å²) in [5.74, 6) is 3.84. The van der Waals surface area contributed by atoms with Crippen LogP contribution in [0.5, 0.6) is 0 Å². The van der Waals surface area contributed by atoms with Gasteiger partial charge in [0.05, 0.1) is 18.2 Å². The molecule has 5 rings (SSSR count). The molecule has 0 amide bonds. The van der Waals surface area contributed by atoms with Crippen molar-refractivity contribution in [3.05, 3.63) is 40.1 Å². The largest absolute Gasteiger partial charge is 0.376 e. The standard InChI is InChI=1S/C22H27ClN2O2/c1-13-3-2-4-19(23)20(13)21-18(22(27-25-21)14-5-6-14)12-26-11-16-8-7-15-9-24-10-17(15)16/h2-4,14-17,24H,5-12H2,1H3. The summed E-state index contributed by atoms with van der Waals surface area (Å²) in [6.07, 6.45) is 5.01. The molecule has 1 aromatic heterocycles. The molecule has 1 aliphatic heterocycles. The van der Waals surface area contributed by atoms with E-state index in [4.69, 9.17) is 20.9 Å². The highest BCUT2D eigenvalue weighted by Gasteiger charge is 2.39. The number of hydrogen-bond acceptors (Lipinski definition) is 4. The molecule has 3 atom stereocenters. The van der Waals surface area contributed by atoms with Crippen molar-refractivity contribution in [1.29, 1.82) is 0 Å². The van der Waals surface area contributed by atoms with Crippen LogP contribution in [-0.2, 0) is 11.3 Å². The van der Waals surface area contributed by atoms with Gasteiger partial charge in [0, 0.05) is 17.0 Å². The summed E-state index contributed by atoms with van der Waals surface area (Å²) in [4.78, 5) is 0. The van der Waals surface area contributed by atoms with Gasteiger partial charge in [-0.15, -0.1) is 0 Å². The van der Waals surface area contributed by atoms with Crippen LogP contribution in [0, 0.1) is 24.7 Å². The van der Waals surface area contributed by atoms with Gasteiger partial charge >= 0.3 is 0 Å². The van der Waals surface area contributed by atoms with Crippen molar-refractivity contribution in [1.82, 2.24) is 10.5 Å². The number of benzene rings is 1. The van der Waals surface area contributed by atoms with Gasteiger partial charge in [0.1, 0.15) is 11.5 Å². The van der Waals surface area contributed by atoms with Crippen molar-refractivity contribution in [3.8, 4) is 11.3 Å². The quantitative estimate of drug-likeness (QED) is 0.763. The molecule has 4 nitrogen and oxygen atoms in total. The fourth-order valence-electron chi connectivity index (χ4n) is 5.04. The number of hydrogen-bond donors (Lipinski definition) is 1. The lowest BCUT2D eigenvalue weighted by molar-refractivity contribution is 0.0735. The average molecular weight is 387 g/mol. The van der Waals surface area contributed by atoms with Gasteiger partial charge in [-0.05, 0) is 75.1 Å². The highest BCUT2D eigenvalue weighted by molar-refractivity contribution is 6.33. The third-order valence-electron chi connectivity index (χ3n) is 6.71. The van der Waals surface area contributed by atoms with Gasteiger partial charge in [0.2, 0.25) is 0 Å². The van der Waals surface area contributed by atoms with E-state index in [1.54, 1.807) is 0 Å². The van der Waals surface area contributed by atoms with Gasteiger partial charge in [-0.25, -0.2) is 0 Å². The van der Waals surface area contributed by atoms with E-state index in [-0.39, 0.29) is 0 Å². The molecule has 1 aromatic carbocycles. The van der Waals surface area contributed by atoms with E-state index >= 15 is 0 Å². The van der Waals surface area contributed by atoms with Crippen LogP contribution in [0.2, 0.25) is 5.02 Å². The number of fused-ring (bicyclic) bond motifs is 1. The van der Waals surface area contributed by atoms with Crippen molar-refractivity contribution in [2.45, 2.75) is 45.1 Å². The smallest absolute Gasteiger partial charge is 0.145 e. The summed E-state index contributed by atoms with van der Waals surface area (Å²) >= 11 is 6.51. The van der Waals surface area contributed by atoms with Gasteiger partial charge in [-0.1, -0.05) is 28.9 Å². The predicted octanol–water partition coefficient (Wildman–Crippen LogP) is 4.94. The van der Waals surface area contributed by atoms with E-state index in [1.807, 2.05) is 12.1 Å². The van der Waals surface area contributed by atoms with E-state index in [0.717, 1.165) is 58.2 Å². The third kappa shape index (κ3) is 3.32. The fraction of sp³-hybridized carbons (Fsp3) is 0.591. The van der Waals surface area contributed by atoms with E-state index in [2.05, 4.69) is 23.5 Å². The molecule has 0 spiro atoms. The van der Waals surface area contributed by atoms with Crippen LogP contribution in [0.4, 0.5) is 0 Å². The van der Waals surface area contributed by atoms with Gasteiger partial charge < -0.3 is 14.6 Å². The molecule has 1 saturated heterocycles. The molecule has 5 heteroatoms. The first kappa shape index (κ1) is 17.7. The second kappa shape index (κ2) is 7.23. The molecular formula is C22H27ClN2O2. The molecule has 1 N–H and O–H groups in total. The van der Waals surface area contributed by atoms with Crippen LogP contribution >= 0.6 is 11.6 Å². The van der Waals surface area contributed by atoms with Crippen molar-refractivity contribution < 1.29 is 9.26 Å². The maximum atomic E-state index is 6.51. The van der Waals surface area contributed by atoms with Crippen molar-refractivity contribution >= 4 is 11.6 Å². The SMILES string of the molecule is Cc1cccc(Cl)c1-c1noc(C2CC2)c1COCC1CCC2CNCC21. The van der Waals surface area contributed by atoms with Crippen LogP contribution in [0.3, 0.4) is 0 Å². The fourth-order valence-corrected chi connectivity index (χ4v) is 5.35. The van der Waals surface area contributed by atoms with Crippen LogP contribution in [0.25, 0.3) is 11.3 Å². The Kier molecular flexibility index (Phi) is 4.75. The molecule has 2 aliphatic carbocycles. The summed E-state index contributed by atoms with van der Waals surface area (Å²) in [5.41, 5.74) is 4.07. The van der Waals surface area contributed by atoms with Crippen LogP contribution in [-0.4, -0.2) is 24.9 Å². The lowest BCUT2D eigenvalue weighted by atomic mass is 9.93. The Hall–Kier alpha value is -1.36. The van der Waals surface area contributed by atoms with E-state index in [0.29, 0.717) is 18.4 Å². The lowest BCUT2D eigenvalue weighted by Gasteiger charge is -2.18.